The van der Waals surface area contributed by atoms with Crippen LogP contribution >= 0.6 is 0 Å². The summed E-state index contributed by atoms with van der Waals surface area (Å²) < 4.78 is 15.4. The van der Waals surface area contributed by atoms with Gasteiger partial charge in [0, 0.05) is 23.7 Å². The molecular formula is C23H24N2O6. The van der Waals surface area contributed by atoms with Crippen molar-refractivity contribution in [1.82, 2.24) is 5.32 Å². The number of methoxy groups -OCH3 is 2. The molecule has 8 heteroatoms. The first-order valence-corrected chi connectivity index (χ1v) is 9.76. The Kier molecular flexibility index (Phi) is 7.26. The summed E-state index contributed by atoms with van der Waals surface area (Å²) in [6.45, 7) is -0.485. The second kappa shape index (κ2) is 10.3. The molecule has 0 unspecified atom stereocenters. The van der Waals surface area contributed by atoms with Gasteiger partial charge in [-0.25, -0.2) is 4.79 Å². The van der Waals surface area contributed by atoms with Crippen molar-refractivity contribution in [2.45, 2.75) is 18.9 Å². The number of carbonyl (C=O) groups is 3. The number of benzene rings is 2. The Morgan fingerprint density at radius 2 is 1.84 bits per heavy atom. The number of hydrogen-bond acceptors (Lipinski definition) is 6. The standard InChI is InChI=1S/C23H24N2O6/c1-29-17-11-7-15(20(13-17)30-2)8-12-22(27)31-14-21(26)25-19-6-4-3-5-18(19)23(28)24-16-9-10-16/h3-8,11-13,16H,9-10,14H2,1-2H3,(H,24,28)(H,25,26)/b12-8+. The zero-order valence-electron chi connectivity index (χ0n) is 17.3. The van der Waals surface area contributed by atoms with Gasteiger partial charge in [-0.3, -0.25) is 9.59 Å². The van der Waals surface area contributed by atoms with Gasteiger partial charge in [-0.1, -0.05) is 12.1 Å². The van der Waals surface area contributed by atoms with Gasteiger partial charge in [0.2, 0.25) is 0 Å². The van der Waals surface area contributed by atoms with Crippen molar-refractivity contribution in [2.24, 2.45) is 0 Å². The SMILES string of the molecule is COc1ccc(/C=C/C(=O)OCC(=O)Nc2ccccc2C(=O)NC2CC2)c(OC)c1. The second-order valence-corrected chi connectivity index (χ2v) is 6.89. The van der Waals surface area contributed by atoms with Crippen molar-refractivity contribution >= 4 is 29.5 Å². The van der Waals surface area contributed by atoms with E-state index in [1.165, 1.54) is 19.3 Å². The van der Waals surface area contributed by atoms with E-state index >= 15 is 0 Å². The maximum atomic E-state index is 12.3. The van der Waals surface area contributed by atoms with Crippen molar-refractivity contribution in [3.05, 3.63) is 59.7 Å². The lowest BCUT2D eigenvalue weighted by atomic mass is 10.1. The number of esters is 1. The Morgan fingerprint density at radius 1 is 1.06 bits per heavy atom. The fourth-order valence-electron chi connectivity index (χ4n) is 2.77. The van der Waals surface area contributed by atoms with Crippen molar-refractivity contribution in [3.63, 3.8) is 0 Å². The summed E-state index contributed by atoms with van der Waals surface area (Å²) in [4.78, 5) is 36.5. The van der Waals surface area contributed by atoms with Gasteiger partial charge in [0.25, 0.3) is 11.8 Å². The number of anilines is 1. The molecule has 162 valence electrons. The van der Waals surface area contributed by atoms with Crippen LogP contribution in [0.3, 0.4) is 0 Å². The number of ether oxygens (including phenoxy) is 3. The molecule has 1 saturated carbocycles. The number of rotatable bonds is 9. The van der Waals surface area contributed by atoms with Crippen LogP contribution in [0.15, 0.2) is 48.5 Å². The van der Waals surface area contributed by atoms with Crippen LogP contribution in [0.25, 0.3) is 6.08 Å². The van der Waals surface area contributed by atoms with E-state index < -0.39 is 18.5 Å². The summed E-state index contributed by atoms with van der Waals surface area (Å²) in [7, 11) is 3.06. The number of hydrogen-bond donors (Lipinski definition) is 2. The Morgan fingerprint density at radius 3 is 2.55 bits per heavy atom. The third-order valence-electron chi connectivity index (χ3n) is 4.54. The summed E-state index contributed by atoms with van der Waals surface area (Å²) in [5.74, 6) is -0.323. The zero-order valence-corrected chi connectivity index (χ0v) is 17.3. The van der Waals surface area contributed by atoms with Crippen molar-refractivity contribution in [3.8, 4) is 11.5 Å². The molecule has 3 rings (SSSR count). The molecule has 0 spiro atoms. The van der Waals surface area contributed by atoms with Crippen molar-refractivity contribution < 1.29 is 28.6 Å². The summed E-state index contributed by atoms with van der Waals surface area (Å²) in [5.41, 5.74) is 1.38. The van der Waals surface area contributed by atoms with Gasteiger partial charge < -0.3 is 24.8 Å². The van der Waals surface area contributed by atoms with Gasteiger partial charge in [0.1, 0.15) is 11.5 Å². The quantitative estimate of drug-likeness (QED) is 0.474. The molecule has 0 aliphatic heterocycles. The van der Waals surface area contributed by atoms with E-state index in [1.54, 1.807) is 49.6 Å². The van der Waals surface area contributed by atoms with Crippen LogP contribution in [-0.4, -0.2) is 44.7 Å². The molecule has 1 aliphatic carbocycles. The highest BCUT2D eigenvalue weighted by Crippen LogP contribution is 2.25. The molecule has 8 nitrogen and oxygen atoms in total. The van der Waals surface area contributed by atoms with Gasteiger partial charge >= 0.3 is 5.97 Å². The van der Waals surface area contributed by atoms with E-state index in [4.69, 9.17) is 14.2 Å². The minimum absolute atomic E-state index is 0.202. The number of nitrogens with one attached hydrogen (secondary N) is 2. The van der Waals surface area contributed by atoms with E-state index in [2.05, 4.69) is 10.6 Å². The topological polar surface area (TPSA) is 103 Å². The Labute approximate surface area is 180 Å². The molecule has 0 bridgehead atoms. The number of amides is 2. The van der Waals surface area contributed by atoms with Gasteiger partial charge in [-0.05, 0) is 43.2 Å². The largest absolute Gasteiger partial charge is 0.497 e. The fraction of sp³-hybridized carbons (Fsp3) is 0.261. The number of carbonyl (C=O) groups excluding carboxylic acids is 3. The van der Waals surface area contributed by atoms with E-state index in [-0.39, 0.29) is 11.9 Å². The summed E-state index contributed by atoms with van der Waals surface area (Å²) in [5, 5.41) is 5.49. The molecule has 0 heterocycles. The van der Waals surface area contributed by atoms with Gasteiger partial charge in [0.05, 0.1) is 25.5 Å². The fourth-order valence-corrected chi connectivity index (χ4v) is 2.77. The van der Waals surface area contributed by atoms with Crippen LogP contribution in [0, 0.1) is 0 Å². The summed E-state index contributed by atoms with van der Waals surface area (Å²) >= 11 is 0. The van der Waals surface area contributed by atoms with Gasteiger partial charge in [-0.2, -0.15) is 0 Å². The minimum Gasteiger partial charge on any atom is -0.497 e. The molecule has 0 aromatic heterocycles. The van der Waals surface area contributed by atoms with Crippen LogP contribution < -0.4 is 20.1 Å². The van der Waals surface area contributed by atoms with Gasteiger partial charge in [0.15, 0.2) is 6.61 Å². The second-order valence-electron chi connectivity index (χ2n) is 6.89. The Hall–Kier alpha value is -3.81. The predicted molar refractivity (Wildman–Crippen MR) is 115 cm³/mol. The van der Waals surface area contributed by atoms with Crippen LogP contribution in [0.4, 0.5) is 5.69 Å². The highest BCUT2D eigenvalue weighted by molar-refractivity contribution is 6.04. The average Bonchev–Trinajstić information content (AvgIpc) is 3.60. The Bertz CT molecular complexity index is 997. The van der Waals surface area contributed by atoms with E-state index in [9.17, 15) is 14.4 Å². The highest BCUT2D eigenvalue weighted by atomic mass is 16.5. The zero-order chi connectivity index (χ0) is 22.2. The smallest absolute Gasteiger partial charge is 0.331 e. The van der Waals surface area contributed by atoms with E-state index in [0.29, 0.717) is 28.3 Å². The van der Waals surface area contributed by atoms with E-state index in [1.807, 2.05) is 0 Å². The van der Waals surface area contributed by atoms with Crippen LogP contribution in [0.5, 0.6) is 11.5 Å². The first-order chi connectivity index (χ1) is 15.0. The maximum Gasteiger partial charge on any atom is 0.331 e. The lowest BCUT2D eigenvalue weighted by Gasteiger charge is -2.11. The summed E-state index contributed by atoms with van der Waals surface area (Å²) in [6, 6.07) is 12.0. The molecule has 2 amide bonds. The molecule has 2 N–H and O–H groups in total. The lowest BCUT2D eigenvalue weighted by molar-refractivity contribution is -0.142. The van der Waals surface area contributed by atoms with Crippen molar-refractivity contribution in [1.29, 1.82) is 0 Å². The molecule has 2 aromatic carbocycles. The Balaban J connectivity index is 1.54. The van der Waals surface area contributed by atoms with Crippen LogP contribution in [0.1, 0.15) is 28.8 Å². The summed E-state index contributed by atoms with van der Waals surface area (Å²) in [6.07, 6.45) is 4.66. The third-order valence-corrected chi connectivity index (χ3v) is 4.54. The molecule has 0 saturated heterocycles. The molecule has 1 aliphatic rings. The first-order valence-electron chi connectivity index (χ1n) is 9.76. The highest BCUT2D eigenvalue weighted by Gasteiger charge is 2.25. The monoisotopic (exact) mass is 424 g/mol. The van der Waals surface area contributed by atoms with E-state index in [0.717, 1.165) is 12.8 Å². The normalized spacial score (nSPS) is 12.8. The van der Waals surface area contributed by atoms with Gasteiger partial charge in [-0.15, -0.1) is 0 Å². The first kappa shape index (κ1) is 21.9. The molecule has 2 aromatic rings. The molecule has 1 fully saturated rings. The average molecular weight is 424 g/mol. The molecule has 0 radical (unpaired) electrons. The maximum absolute atomic E-state index is 12.3. The van der Waals surface area contributed by atoms with Crippen LogP contribution in [0.2, 0.25) is 0 Å². The minimum atomic E-state index is -0.687. The molecule has 31 heavy (non-hydrogen) atoms. The molecule has 0 atom stereocenters. The third kappa shape index (κ3) is 6.33. The van der Waals surface area contributed by atoms with Crippen LogP contribution in [-0.2, 0) is 14.3 Å². The molecular weight excluding hydrogens is 400 g/mol. The van der Waals surface area contributed by atoms with Crippen molar-refractivity contribution in [2.75, 3.05) is 26.1 Å². The predicted octanol–water partition coefficient (Wildman–Crippen LogP) is 2.79. The lowest BCUT2D eigenvalue weighted by Crippen LogP contribution is -2.27. The number of para-hydroxylation sites is 1.